The van der Waals surface area contributed by atoms with Gasteiger partial charge in [-0.3, -0.25) is 9.78 Å². The first-order valence-electron chi connectivity index (χ1n) is 5.60. The van der Waals surface area contributed by atoms with Crippen LogP contribution in [0.3, 0.4) is 0 Å². The third-order valence-electron chi connectivity index (χ3n) is 2.99. The van der Waals surface area contributed by atoms with Gasteiger partial charge in [-0.2, -0.15) is 0 Å². The lowest BCUT2D eigenvalue weighted by Gasteiger charge is -2.14. The zero-order chi connectivity index (χ0) is 11.4. The maximum absolute atomic E-state index is 11.7. The minimum Gasteiger partial charge on any atom is -0.350 e. The van der Waals surface area contributed by atoms with Crippen LogP contribution in [-0.4, -0.2) is 22.3 Å². The largest absolute Gasteiger partial charge is 0.350 e. The third-order valence-corrected chi connectivity index (χ3v) is 4.19. The quantitative estimate of drug-likeness (QED) is 0.865. The molecule has 1 amide bonds. The number of nitrogens with zero attached hydrogens (tertiary/aromatic N) is 1. The molecule has 1 saturated carbocycles. The Morgan fingerprint density at radius 1 is 1.50 bits per heavy atom. The Hall–Kier alpha value is -0.900. The van der Waals surface area contributed by atoms with Gasteiger partial charge in [0.2, 0.25) is 0 Å². The lowest BCUT2D eigenvalue weighted by molar-refractivity contribution is 0.0943. The van der Waals surface area contributed by atoms with Crippen molar-refractivity contribution in [1.82, 2.24) is 10.3 Å². The van der Waals surface area contributed by atoms with Gasteiger partial charge >= 0.3 is 0 Å². The molecule has 1 aliphatic carbocycles. The normalized spacial score (nSPS) is 24.3. The molecule has 1 N–H and O–H groups in total. The fourth-order valence-electron chi connectivity index (χ4n) is 2.03. The molecular formula is C12H15BrN2O. The minimum absolute atomic E-state index is 0.0767. The molecule has 1 aliphatic rings. The van der Waals surface area contributed by atoms with E-state index < -0.39 is 0 Å². The molecule has 1 fully saturated rings. The molecule has 4 heteroatoms. The Balaban J connectivity index is 1.84. The van der Waals surface area contributed by atoms with Gasteiger partial charge in [0.1, 0.15) is 5.69 Å². The number of aromatic nitrogens is 1. The zero-order valence-electron chi connectivity index (χ0n) is 9.03. The predicted octanol–water partition coefficient (Wildman–Crippen LogP) is 2.38. The Kier molecular flexibility index (Phi) is 3.93. The number of hydrogen-bond acceptors (Lipinski definition) is 2. The number of nitrogens with one attached hydrogen (secondary N) is 1. The average molecular weight is 283 g/mol. The minimum atomic E-state index is -0.0767. The van der Waals surface area contributed by atoms with Gasteiger partial charge in [-0.25, -0.2) is 0 Å². The van der Waals surface area contributed by atoms with Crippen LogP contribution in [0.4, 0.5) is 0 Å². The smallest absolute Gasteiger partial charge is 0.269 e. The molecule has 2 unspecified atom stereocenters. The van der Waals surface area contributed by atoms with Crippen molar-refractivity contribution in [2.24, 2.45) is 5.92 Å². The molecule has 1 aromatic rings. The van der Waals surface area contributed by atoms with E-state index in [1.807, 2.05) is 12.1 Å². The summed E-state index contributed by atoms with van der Waals surface area (Å²) in [6.45, 7) is 0.741. The van der Waals surface area contributed by atoms with Gasteiger partial charge in [-0.15, -0.1) is 0 Å². The number of carbonyl (C=O) groups excluding carboxylic acids is 1. The second kappa shape index (κ2) is 5.43. The third kappa shape index (κ3) is 2.82. The summed E-state index contributed by atoms with van der Waals surface area (Å²) in [5.41, 5.74) is 0.492. The highest BCUT2D eigenvalue weighted by atomic mass is 79.9. The van der Waals surface area contributed by atoms with Crippen molar-refractivity contribution in [3.05, 3.63) is 30.1 Å². The van der Waals surface area contributed by atoms with Crippen molar-refractivity contribution < 1.29 is 4.79 Å². The highest BCUT2D eigenvalue weighted by Crippen LogP contribution is 2.30. The van der Waals surface area contributed by atoms with Gasteiger partial charge < -0.3 is 5.32 Å². The Morgan fingerprint density at radius 3 is 3.00 bits per heavy atom. The first-order valence-corrected chi connectivity index (χ1v) is 6.52. The van der Waals surface area contributed by atoms with Crippen molar-refractivity contribution in [2.75, 3.05) is 6.54 Å². The molecule has 0 bridgehead atoms. The summed E-state index contributed by atoms with van der Waals surface area (Å²) in [4.78, 5) is 16.3. The van der Waals surface area contributed by atoms with Crippen molar-refractivity contribution in [2.45, 2.75) is 24.1 Å². The lowest BCUT2D eigenvalue weighted by atomic mass is 10.1. The molecule has 0 aliphatic heterocycles. The molecule has 0 saturated heterocycles. The van der Waals surface area contributed by atoms with Crippen LogP contribution in [0.25, 0.3) is 0 Å². The molecule has 3 nitrogen and oxygen atoms in total. The molecule has 2 rings (SSSR count). The standard InChI is InChI=1S/C12H15BrN2O/c13-10-5-3-4-9(10)8-15-12(16)11-6-1-2-7-14-11/h1-2,6-7,9-10H,3-5,8H2,(H,15,16). The van der Waals surface area contributed by atoms with Gasteiger partial charge in [-0.05, 0) is 30.9 Å². The number of rotatable bonds is 3. The van der Waals surface area contributed by atoms with Crippen LogP contribution in [0, 0.1) is 5.92 Å². The number of hydrogen-bond donors (Lipinski definition) is 1. The summed E-state index contributed by atoms with van der Waals surface area (Å²) in [7, 11) is 0. The number of carbonyl (C=O) groups is 1. The Bertz CT molecular complexity index is 355. The van der Waals surface area contributed by atoms with Crippen LogP contribution < -0.4 is 5.32 Å². The van der Waals surface area contributed by atoms with Crippen LogP contribution in [0.1, 0.15) is 29.8 Å². The fraction of sp³-hybridized carbons (Fsp3) is 0.500. The second-order valence-corrected chi connectivity index (χ2v) is 5.31. The van der Waals surface area contributed by atoms with Crippen LogP contribution >= 0.6 is 15.9 Å². The number of alkyl halides is 1. The maximum atomic E-state index is 11.7. The van der Waals surface area contributed by atoms with Crippen molar-refractivity contribution in [3.63, 3.8) is 0 Å². The summed E-state index contributed by atoms with van der Waals surface area (Å²) >= 11 is 3.64. The summed E-state index contributed by atoms with van der Waals surface area (Å²) in [6.07, 6.45) is 5.29. The van der Waals surface area contributed by atoms with Crippen molar-refractivity contribution >= 4 is 21.8 Å². The van der Waals surface area contributed by atoms with Crippen molar-refractivity contribution in [3.8, 4) is 0 Å². The summed E-state index contributed by atoms with van der Waals surface area (Å²) in [5.74, 6) is 0.486. The summed E-state index contributed by atoms with van der Waals surface area (Å²) in [6, 6.07) is 5.36. The van der Waals surface area contributed by atoms with Crippen LogP contribution in [-0.2, 0) is 0 Å². The Labute approximate surface area is 104 Å². The Morgan fingerprint density at radius 2 is 2.38 bits per heavy atom. The van der Waals surface area contributed by atoms with E-state index in [4.69, 9.17) is 0 Å². The second-order valence-electron chi connectivity index (χ2n) is 4.13. The molecule has 2 atom stereocenters. The van der Waals surface area contributed by atoms with Crippen LogP contribution in [0.5, 0.6) is 0 Å². The topological polar surface area (TPSA) is 42.0 Å². The molecule has 1 aromatic heterocycles. The number of halogens is 1. The van der Waals surface area contributed by atoms with E-state index in [1.165, 1.54) is 19.3 Å². The van der Waals surface area contributed by atoms with E-state index in [-0.39, 0.29) is 5.91 Å². The van der Waals surface area contributed by atoms with E-state index in [9.17, 15) is 4.79 Å². The van der Waals surface area contributed by atoms with E-state index in [0.717, 1.165) is 6.54 Å². The monoisotopic (exact) mass is 282 g/mol. The molecule has 86 valence electrons. The first kappa shape index (κ1) is 11.6. The molecule has 0 radical (unpaired) electrons. The number of pyridine rings is 1. The van der Waals surface area contributed by atoms with Crippen LogP contribution in [0.15, 0.2) is 24.4 Å². The van der Waals surface area contributed by atoms with E-state index >= 15 is 0 Å². The van der Waals surface area contributed by atoms with Crippen LogP contribution in [0.2, 0.25) is 0 Å². The molecule has 16 heavy (non-hydrogen) atoms. The zero-order valence-corrected chi connectivity index (χ0v) is 10.6. The van der Waals surface area contributed by atoms with Gasteiger partial charge in [0.05, 0.1) is 0 Å². The van der Waals surface area contributed by atoms with Gasteiger partial charge in [-0.1, -0.05) is 28.4 Å². The summed E-state index contributed by atoms with van der Waals surface area (Å²) < 4.78 is 0. The van der Waals surface area contributed by atoms with Gasteiger partial charge in [0, 0.05) is 17.6 Å². The first-order chi connectivity index (χ1) is 7.77. The molecular weight excluding hydrogens is 268 g/mol. The highest BCUT2D eigenvalue weighted by molar-refractivity contribution is 9.09. The molecule has 1 heterocycles. The summed E-state index contributed by atoms with van der Waals surface area (Å²) in [5, 5.41) is 2.94. The van der Waals surface area contributed by atoms with E-state index in [2.05, 4.69) is 26.2 Å². The molecule has 0 aromatic carbocycles. The molecule has 0 spiro atoms. The fourth-order valence-corrected chi connectivity index (χ4v) is 2.81. The van der Waals surface area contributed by atoms with Gasteiger partial charge in [0.25, 0.3) is 5.91 Å². The SMILES string of the molecule is O=C(NCC1CCCC1Br)c1ccccn1. The van der Waals surface area contributed by atoms with Crippen molar-refractivity contribution in [1.29, 1.82) is 0 Å². The maximum Gasteiger partial charge on any atom is 0.269 e. The average Bonchev–Trinajstić information content (AvgIpc) is 2.73. The van der Waals surface area contributed by atoms with E-state index in [0.29, 0.717) is 16.4 Å². The van der Waals surface area contributed by atoms with E-state index in [1.54, 1.807) is 12.3 Å². The number of amides is 1. The predicted molar refractivity (Wildman–Crippen MR) is 66.6 cm³/mol. The highest BCUT2D eigenvalue weighted by Gasteiger charge is 2.25. The lowest BCUT2D eigenvalue weighted by Crippen LogP contribution is -2.31. The van der Waals surface area contributed by atoms with Gasteiger partial charge in [0.15, 0.2) is 0 Å².